The number of aliphatic hydroxyl groups excluding tert-OH is 5. The number of aromatic hydroxyl groups is 4. The molecule has 0 saturated carbocycles. The highest BCUT2D eigenvalue weighted by molar-refractivity contribution is 5.88. The largest absolute Gasteiger partial charge is 0.508 e. The quantitative estimate of drug-likeness (QED) is 0.158. The Hall–Kier alpha value is -3.67. The molecule has 2 aliphatic heterocycles. The second kappa shape index (κ2) is 12.1. The zero-order valence-electron chi connectivity index (χ0n) is 22.7. The van der Waals surface area contributed by atoms with Gasteiger partial charge in [-0.05, 0) is 25.1 Å². The maximum atomic E-state index is 13.6. The highest BCUT2D eigenvalue weighted by atomic mass is 16.7. The lowest BCUT2D eigenvalue weighted by Crippen LogP contribution is -2.57. The van der Waals surface area contributed by atoms with Crippen LogP contribution in [0.3, 0.4) is 0 Å². The number of aliphatic hydroxyl groups is 5. The van der Waals surface area contributed by atoms with Gasteiger partial charge in [-0.3, -0.25) is 4.79 Å². The average molecular weight is 609 g/mol. The van der Waals surface area contributed by atoms with E-state index in [1.54, 1.807) is 0 Å². The number of phenolic OH excluding ortho intramolecular Hbond substituents is 4. The summed E-state index contributed by atoms with van der Waals surface area (Å²) in [5.41, 5.74) is -1.09. The third-order valence-corrected chi connectivity index (χ3v) is 7.45. The van der Waals surface area contributed by atoms with Crippen LogP contribution in [0, 0.1) is 0 Å². The number of rotatable bonds is 6. The Morgan fingerprint density at radius 1 is 0.884 bits per heavy atom. The summed E-state index contributed by atoms with van der Waals surface area (Å²) < 4.78 is 28.4. The van der Waals surface area contributed by atoms with Crippen molar-refractivity contribution < 1.29 is 69.3 Å². The van der Waals surface area contributed by atoms with Crippen molar-refractivity contribution in [3.05, 3.63) is 40.6 Å². The molecule has 9 atom stereocenters. The molecule has 0 bridgehead atoms. The van der Waals surface area contributed by atoms with Gasteiger partial charge in [0.25, 0.3) is 0 Å². The molecule has 43 heavy (non-hydrogen) atoms. The van der Waals surface area contributed by atoms with E-state index < -0.39 is 95.9 Å². The SMILES string of the molecule is C[C@@H]1O[C@@H](OC[C@@H]2C[C@H](O)[C@@H](O)[C@H](Oc3c(-c4ccc(O)c(O)c4)oc4cc(O)cc(O)c4c3=O)CO2)[C@H](O)[C@H](O)[C@H]1O. The van der Waals surface area contributed by atoms with Crippen molar-refractivity contribution in [3.8, 4) is 40.1 Å². The van der Waals surface area contributed by atoms with Gasteiger partial charge in [-0.15, -0.1) is 0 Å². The van der Waals surface area contributed by atoms with Gasteiger partial charge in [0.05, 0.1) is 31.5 Å². The van der Waals surface area contributed by atoms with Crippen LogP contribution in [0.15, 0.2) is 39.5 Å². The average Bonchev–Trinajstić information content (AvgIpc) is 3.09. The molecule has 2 aliphatic rings. The van der Waals surface area contributed by atoms with Crippen molar-refractivity contribution >= 4 is 11.0 Å². The third-order valence-electron chi connectivity index (χ3n) is 7.45. The highest BCUT2D eigenvalue weighted by Crippen LogP contribution is 2.39. The van der Waals surface area contributed by atoms with Crippen LogP contribution in [0.25, 0.3) is 22.3 Å². The molecule has 0 radical (unpaired) electrons. The van der Waals surface area contributed by atoms with E-state index in [2.05, 4.69) is 0 Å². The number of benzene rings is 2. The number of hydrogen-bond donors (Lipinski definition) is 9. The smallest absolute Gasteiger partial charge is 0.239 e. The minimum Gasteiger partial charge on any atom is -0.508 e. The van der Waals surface area contributed by atoms with Crippen molar-refractivity contribution in [1.82, 2.24) is 0 Å². The number of ether oxygens (including phenoxy) is 4. The van der Waals surface area contributed by atoms with Crippen LogP contribution >= 0.6 is 0 Å². The monoisotopic (exact) mass is 608 g/mol. The van der Waals surface area contributed by atoms with Crippen molar-refractivity contribution in [2.24, 2.45) is 0 Å². The van der Waals surface area contributed by atoms with Gasteiger partial charge in [0, 0.05) is 24.1 Å². The normalized spacial score (nSPS) is 31.5. The zero-order chi connectivity index (χ0) is 31.2. The summed E-state index contributed by atoms with van der Waals surface area (Å²) in [5, 5.41) is 91.4. The summed E-state index contributed by atoms with van der Waals surface area (Å²) in [6.07, 6.45) is -12.0. The molecule has 0 aliphatic carbocycles. The van der Waals surface area contributed by atoms with Gasteiger partial charge in [-0.2, -0.15) is 0 Å². The molecule has 9 N–H and O–H groups in total. The number of fused-ring (bicyclic) bond motifs is 1. The molecule has 2 aromatic carbocycles. The number of phenols is 4. The Bertz CT molecular complexity index is 1520. The lowest BCUT2D eigenvalue weighted by molar-refractivity contribution is -0.298. The molecule has 3 heterocycles. The summed E-state index contributed by atoms with van der Waals surface area (Å²) in [5.74, 6) is -2.86. The predicted octanol–water partition coefficient (Wildman–Crippen LogP) is -0.615. The van der Waals surface area contributed by atoms with Gasteiger partial charge < -0.3 is 69.3 Å². The molecule has 2 saturated heterocycles. The van der Waals surface area contributed by atoms with Gasteiger partial charge in [0.1, 0.15) is 46.9 Å². The van der Waals surface area contributed by atoms with E-state index in [0.717, 1.165) is 24.3 Å². The highest BCUT2D eigenvalue weighted by Gasteiger charge is 2.43. The van der Waals surface area contributed by atoms with Crippen LogP contribution in [0.1, 0.15) is 13.3 Å². The molecule has 0 amide bonds. The molecule has 2 fully saturated rings. The minimum atomic E-state index is -1.61. The van der Waals surface area contributed by atoms with E-state index in [0.29, 0.717) is 0 Å². The Morgan fingerprint density at radius 2 is 1.63 bits per heavy atom. The standard InChI is InChI=1S/C28H32O15/c1-10-21(34)24(37)25(38)28(41-10)40-8-13-7-17(33)22(35)19(9-39-13)43-27-23(36)20-16(32)5-12(29)6-18(20)42-26(27)11-2-3-14(30)15(31)4-11/h2-6,10,13,17,19,21-22,24-25,28-35,37-38H,7-9H2,1H3/t10-,13-,17-,19+,21-,22+,24+,25+,28+/m0/s1. The maximum absolute atomic E-state index is 13.6. The van der Waals surface area contributed by atoms with Crippen molar-refractivity contribution in [2.75, 3.05) is 13.2 Å². The lowest BCUT2D eigenvalue weighted by Gasteiger charge is -2.39. The first kappa shape index (κ1) is 30.8. The first-order valence-electron chi connectivity index (χ1n) is 13.4. The van der Waals surface area contributed by atoms with Crippen molar-refractivity contribution in [2.45, 2.75) is 68.5 Å². The molecule has 15 nitrogen and oxygen atoms in total. The molecule has 15 heteroatoms. The van der Waals surface area contributed by atoms with Crippen LogP contribution in [0.5, 0.6) is 28.7 Å². The van der Waals surface area contributed by atoms with E-state index in [9.17, 15) is 50.8 Å². The molecule has 234 valence electrons. The van der Waals surface area contributed by atoms with E-state index >= 15 is 0 Å². The minimum absolute atomic E-state index is 0.0514. The maximum Gasteiger partial charge on any atom is 0.239 e. The molecule has 1 aromatic heterocycles. The topological polar surface area (TPSA) is 249 Å². The second-order valence-corrected chi connectivity index (χ2v) is 10.6. The van der Waals surface area contributed by atoms with E-state index in [1.807, 2.05) is 0 Å². The van der Waals surface area contributed by atoms with E-state index in [1.165, 1.54) is 13.0 Å². The summed E-state index contributed by atoms with van der Waals surface area (Å²) in [4.78, 5) is 13.6. The number of hydrogen-bond acceptors (Lipinski definition) is 15. The third kappa shape index (κ3) is 6.07. The summed E-state index contributed by atoms with van der Waals surface area (Å²) in [7, 11) is 0. The Balaban J connectivity index is 1.41. The summed E-state index contributed by atoms with van der Waals surface area (Å²) in [6.45, 7) is 0.832. The Morgan fingerprint density at radius 3 is 2.35 bits per heavy atom. The molecule has 0 spiro atoms. The van der Waals surface area contributed by atoms with Gasteiger partial charge in [0.2, 0.25) is 11.2 Å². The lowest BCUT2D eigenvalue weighted by atomic mass is 10.00. The van der Waals surface area contributed by atoms with Crippen LogP contribution in [-0.4, -0.2) is 114 Å². The van der Waals surface area contributed by atoms with Crippen molar-refractivity contribution in [1.29, 1.82) is 0 Å². The van der Waals surface area contributed by atoms with Gasteiger partial charge >= 0.3 is 0 Å². The second-order valence-electron chi connectivity index (χ2n) is 10.6. The fourth-order valence-corrected chi connectivity index (χ4v) is 5.01. The summed E-state index contributed by atoms with van der Waals surface area (Å²) in [6, 6.07) is 5.50. The van der Waals surface area contributed by atoms with Gasteiger partial charge in [0.15, 0.2) is 29.7 Å². The van der Waals surface area contributed by atoms with Crippen LogP contribution < -0.4 is 10.2 Å². The van der Waals surface area contributed by atoms with Crippen LogP contribution in [0.2, 0.25) is 0 Å². The predicted molar refractivity (Wildman–Crippen MR) is 144 cm³/mol. The van der Waals surface area contributed by atoms with E-state index in [-0.39, 0.29) is 35.3 Å². The van der Waals surface area contributed by atoms with Crippen molar-refractivity contribution in [3.63, 3.8) is 0 Å². The van der Waals surface area contributed by atoms with Gasteiger partial charge in [-0.1, -0.05) is 0 Å². The summed E-state index contributed by atoms with van der Waals surface area (Å²) >= 11 is 0. The molecule has 5 rings (SSSR count). The fourth-order valence-electron chi connectivity index (χ4n) is 5.01. The fraction of sp³-hybridized carbons (Fsp3) is 0.464. The zero-order valence-corrected chi connectivity index (χ0v) is 22.7. The molecule has 3 aromatic rings. The first-order chi connectivity index (χ1) is 20.3. The van der Waals surface area contributed by atoms with Crippen LogP contribution in [-0.2, 0) is 14.2 Å². The Labute approximate surface area is 242 Å². The molecule has 0 unspecified atom stereocenters. The molecular weight excluding hydrogens is 576 g/mol. The van der Waals surface area contributed by atoms with Crippen LogP contribution in [0.4, 0.5) is 0 Å². The molecular formula is C28H32O15. The van der Waals surface area contributed by atoms with E-state index in [4.69, 9.17) is 23.4 Å². The Kier molecular flexibility index (Phi) is 8.69. The van der Waals surface area contributed by atoms with Gasteiger partial charge in [-0.25, -0.2) is 0 Å². The first-order valence-corrected chi connectivity index (χ1v) is 13.4.